The monoisotopic (exact) mass is 428 g/mol. The lowest BCUT2D eigenvalue weighted by Gasteiger charge is -2.19. The van der Waals surface area contributed by atoms with E-state index in [1.807, 2.05) is 26.0 Å². The molecule has 0 aliphatic carbocycles. The molecule has 136 valence electrons. The second kappa shape index (κ2) is 8.07. The summed E-state index contributed by atoms with van der Waals surface area (Å²) in [6, 6.07) is 9.99. The average Bonchev–Trinajstić information content (AvgIpc) is 2.54. The molecule has 0 aliphatic heterocycles. The lowest BCUT2D eigenvalue weighted by Crippen LogP contribution is -2.12. The molecule has 0 atom stereocenters. The molecule has 0 saturated heterocycles. The van der Waals surface area contributed by atoms with Gasteiger partial charge in [0.2, 0.25) is 10.0 Å². The highest BCUT2D eigenvalue weighted by molar-refractivity contribution is 9.10. The average molecular weight is 429 g/mol. The summed E-state index contributed by atoms with van der Waals surface area (Å²) < 4.78 is 34.8. The van der Waals surface area contributed by atoms with Gasteiger partial charge in [-0.2, -0.15) is 0 Å². The van der Waals surface area contributed by atoms with Crippen molar-refractivity contribution < 1.29 is 17.9 Å². The molecule has 0 bridgehead atoms. The highest BCUT2D eigenvalue weighted by atomic mass is 79.9. The zero-order valence-corrected chi connectivity index (χ0v) is 16.6. The van der Waals surface area contributed by atoms with Crippen LogP contribution in [0.3, 0.4) is 0 Å². The van der Waals surface area contributed by atoms with Crippen LogP contribution in [0.25, 0.3) is 0 Å². The number of primary sulfonamides is 1. The number of halogens is 1. The Morgan fingerprint density at radius 1 is 1.16 bits per heavy atom. The molecule has 0 radical (unpaired) electrons. The quantitative estimate of drug-likeness (QED) is 0.703. The van der Waals surface area contributed by atoms with Crippen molar-refractivity contribution in [3.05, 3.63) is 46.4 Å². The van der Waals surface area contributed by atoms with E-state index in [9.17, 15) is 8.42 Å². The zero-order valence-electron chi connectivity index (χ0n) is 14.2. The van der Waals surface area contributed by atoms with E-state index >= 15 is 0 Å². The summed E-state index contributed by atoms with van der Waals surface area (Å²) >= 11 is 3.54. The molecule has 6 nitrogen and oxygen atoms in total. The van der Waals surface area contributed by atoms with E-state index in [0.717, 1.165) is 15.7 Å². The molecule has 0 spiro atoms. The molecule has 0 unspecified atom stereocenters. The van der Waals surface area contributed by atoms with Crippen LogP contribution in [-0.4, -0.2) is 21.6 Å². The topological polar surface area (TPSA) is 90.6 Å². The normalized spacial score (nSPS) is 11.4. The van der Waals surface area contributed by atoms with Crippen molar-refractivity contribution in [3.8, 4) is 11.5 Å². The fourth-order valence-electron chi connectivity index (χ4n) is 2.23. The van der Waals surface area contributed by atoms with E-state index in [1.54, 1.807) is 19.2 Å². The van der Waals surface area contributed by atoms with Crippen LogP contribution in [0.15, 0.2) is 45.8 Å². The van der Waals surface area contributed by atoms with Gasteiger partial charge in [-0.15, -0.1) is 0 Å². The molecule has 0 aromatic heterocycles. The number of hydrogen-bond donors (Lipinski definition) is 2. The fraction of sp³-hybridized carbons (Fsp3) is 0.294. The van der Waals surface area contributed by atoms with Gasteiger partial charge in [0, 0.05) is 22.3 Å². The Hall–Kier alpha value is -1.77. The number of methoxy groups -OCH3 is 1. The number of nitrogens with two attached hydrogens (primary N) is 1. The van der Waals surface area contributed by atoms with Crippen LogP contribution in [0.4, 0.5) is 5.69 Å². The summed E-state index contributed by atoms with van der Waals surface area (Å²) in [5.41, 5.74) is 1.67. The summed E-state index contributed by atoms with van der Waals surface area (Å²) in [5, 5.41) is 8.35. The van der Waals surface area contributed by atoms with Gasteiger partial charge in [0.25, 0.3) is 0 Å². The summed E-state index contributed by atoms with van der Waals surface area (Å²) in [4.78, 5) is 0.0736. The lowest BCUT2D eigenvalue weighted by molar-refractivity contribution is 0.227. The van der Waals surface area contributed by atoms with Crippen LogP contribution in [0, 0.1) is 0 Å². The van der Waals surface area contributed by atoms with Gasteiger partial charge < -0.3 is 14.8 Å². The van der Waals surface area contributed by atoms with Crippen LogP contribution >= 0.6 is 15.9 Å². The Morgan fingerprint density at radius 2 is 1.80 bits per heavy atom. The lowest BCUT2D eigenvalue weighted by atomic mass is 10.1. The first-order valence-electron chi connectivity index (χ1n) is 7.61. The Morgan fingerprint density at radius 3 is 2.32 bits per heavy atom. The van der Waals surface area contributed by atoms with Crippen LogP contribution < -0.4 is 19.9 Å². The minimum Gasteiger partial charge on any atom is -0.493 e. The number of anilines is 1. The number of hydrogen-bond acceptors (Lipinski definition) is 5. The zero-order chi connectivity index (χ0) is 18.6. The van der Waals surface area contributed by atoms with Crippen LogP contribution in [0.5, 0.6) is 11.5 Å². The Bertz CT molecular complexity index is 836. The summed E-state index contributed by atoms with van der Waals surface area (Å²) in [6.45, 7) is 4.36. The standard InChI is InChI=1S/C17H21BrN2O4S/c1-11(2)24-17-14(15(18)8-9-16(17)23-3)10-20-12-4-6-13(7-5-12)25(19,21)22/h4-9,11,20H,10H2,1-3H3,(H2,19,21,22). The molecule has 25 heavy (non-hydrogen) atoms. The van der Waals surface area contributed by atoms with Gasteiger partial charge in [-0.05, 0) is 50.2 Å². The van der Waals surface area contributed by atoms with E-state index in [0.29, 0.717) is 18.0 Å². The van der Waals surface area contributed by atoms with Crippen molar-refractivity contribution in [1.82, 2.24) is 0 Å². The largest absolute Gasteiger partial charge is 0.493 e. The van der Waals surface area contributed by atoms with Crippen molar-refractivity contribution in [3.63, 3.8) is 0 Å². The molecule has 3 N–H and O–H groups in total. The Kier molecular flexibility index (Phi) is 6.31. The maximum absolute atomic E-state index is 11.3. The van der Waals surface area contributed by atoms with Crippen LogP contribution in [0.2, 0.25) is 0 Å². The van der Waals surface area contributed by atoms with E-state index in [4.69, 9.17) is 14.6 Å². The second-order valence-electron chi connectivity index (χ2n) is 5.65. The van der Waals surface area contributed by atoms with E-state index in [-0.39, 0.29) is 11.0 Å². The van der Waals surface area contributed by atoms with Gasteiger partial charge in [-0.3, -0.25) is 0 Å². The third kappa shape index (κ3) is 5.10. The first-order chi connectivity index (χ1) is 11.7. The first-order valence-corrected chi connectivity index (χ1v) is 9.95. The van der Waals surface area contributed by atoms with E-state index < -0.39 is 10.0 Å². The van der Waals surface area contributed by atoms with Crippen molar-refractivity contribution in [1.29, 1.82) is 0 Å². The minimum atomic E-state index is -3.69. The summed E-state index contributed by atoms with van der Waals surface area (Å²) in [5.74, 6) is 1.32. The predicted octanol–water partition coefficient (Wildman–Crippen LogP) is 3.50. The summed E-state index contributed by atoms with van der Waals surface area (Å²) in [7, 11) is -2.10. The van der Waals surface area contributed by atoms with Gasteiger partial charge in [0.1, 0.15) is 0 Å². The smallest absolute Gasteiger partial charge is 0.238 e. The molecular weight excluding hydrogens is 408 g/mol. The van der Waals surface area contributed by atoms with Gasteiger partial charge in [-0.1, -0.05) is 15.9 Å². The number of rotatable bonds is 7. The van der Waals surface area contributed by atoms with Crippen LogP contribution in [0.1, 0.15) is 19.4 Å². The SMILES string of the molecule is COc1ccc(Br)c(CNc2ccc(S(N)(=O)=O)cc2)c1OC(C)C. The van der Waals surface area contributed by atoms with Crippen molar-refractivity contribution in [2.75, 3.05) is 12.4 Å². The third-order valence-corrected chi connectivity index (χ3v) is 5.06. The molecule has 0 amide bonds. The molecule has 2 aromatic carbocycles. The van der Waals surface area contributed by atoms with Gasteiger partial charge in [-0.25, -0.2) is 13.6 Å². The molecule has 8 heteroatoms. The van der Waals surface area contributed by atoms with Crippen LogP contribution in [-0.2, 0) is 16.6 Å². The van der Waals surface area contributed by atoms with Crippen molar-refractivity contribution in [2.24, 2.45) is 5.14 Å². The fourth-order valence-corrected chi connectivity index (χ4v) is 3.19. The van der Waals surface area contributed by atoms with Crippen molar-refractivity contribution >= 4 is 31.6 Å². The highest BCUT2D eigenvalue weighted by Gasteiger charge is 2.16. The van der Waals surface area contributed by atoms with Gasteiger partial charge in [0.05, 0.1) is 18.1 Å². The number of nitrogens with one attached hydrogen (secondary N) is 1. The maximum Gasteiger partial charge on any atom is 0.238 e. The Labute approximate surface area is 156 Å². The molecular formula is C17H21BrN2O4S. The molecule has 2 rings (SSSR count). The maximum atomic E-state index is 11.3. The molecule has 0 heterocycles. The van der Waals surface area contributed by atoms with Gasteiger partial charge in [0.15, 0.2) is 11.5 Å². The molecule has 0 fully saturated rings. The number of benzene rings is 2. The third-order valence-electron chi connectivity index (χ3n) is 3.39. The number of ether oxygens (including phenoxy) is 2. The molecule has 0 saturated carbocycles. The predicted molar refractivity (Wildman–Crippen MR) is 102 cm³/mol. The number of sulfonamides is 1. The van der Waals surface area contributed by atoms with Gasteiger partial charge >= 0.3 is 0 Å². The highest BCUT2D eigenvalue weighted by Crippen LogP contribution is 2.37. The summed E-state index contributed by atoms with van der Waals surface area (Å²) in [6.07, 6.45) is -0.00371. The van der Waals surface area contributed by atoms with Crippen molar-refractivity contribution in [2.45, 2.75) is 31.4 Å². The Balaban J connectivity index is 2.25. The first kappa shape index (κ1) is 19.6. The van der Waals surface area contributed by atoms with E-state index in [2.05, 4.69) is 21.2 Å². The van der Waals surface area contributed by atoms with E-state index in [1.165, 1.54) is 12.1 Å². The second-order valence-corrected chi connectivity index (χ2v) is 8.06. The molecule has 2 aromatic rings. The molecule has 0 aliphatic rings. The minimum absolute atomic E-state index is 0.00371.